The Balaban J connectivity index is 1.86. The summed E-state index contributed by atoms with van der Waals surface area (Å²) in [6, 6.07) is 8.54. The van der Waals surface area contributed by atoms with Gasteiger partial charge in [0.1, 0.15) is 5.75 Å². The average molecular weight is 406 g/mol. The fourth-order valence-electron chi connectivity index (χ4n) is 3.24. The molecule has 0 radical (unpaired) electrons. The predicted octanol–water partition coefficient (Wildman–Crippen LogP) is 1.79. The maximum atomic E-state index is 5.43. The highest BCUT2D eigenvalue weighted by Gasteiger charge is 2.19. The van der Waals surface area contributed by atoms with Crippen LogP contribution in [-0.2, 0) is 11.3 Å². The topological polar surface area (TPSA) is 61.4 Å². The molecule has 0 saturated carbocycles. The van der Waals surface area contributed by atoms with Gasteiger partial charge in [0.05, 0.1) is 13.7 Å². The molecule has 0 aromatic heterocycles. The van der Waals surface area contributed by atoms with E-state index in [1.54, 1.807) is 7.11 Å². The van der Waals surface area contributed by atoms with Crippen molar-refractivity contribution in [1.82, 2.24) is 20.4 Å². The van der Waals surface area contributed by atoms with Crippen LogP contribution in [-0.4, -0.2) is 88.4 Å². The molecule has 1 atom stereocenters. The third-order valence-corrected chi connectivity index (χ3v) is 5.27. The van der Waals surface area contributed by atoms with Gasteiger partial charge in [-0.2, -0.15) is 0 Å². The van der Waals surface area contributed by atoms with Gasteiger partial charge < -0.3 is 25.0 Å². The molecule has 0 spiro atoms. The van der Waals surface area contributed by atoms with Gasteiger partial charge in [0.25, 0.3) is 0 Å². The Hall–Kier alpha value is -1.83. The van der Waals surface area contributed by atoms with Crippen molar-refractivity contribution in [3.8, 4) is 5.75 Å². The summed E-state index contributed by atoms with van der Waals surface area (Å²) in [7, 11) is 3.87. The van der Waals surface area contributed by atoms with Gasteiger partial charge in [-0.05, 0) is 45.0 Å². The highest BCUT2D eigenvalue weighted by atomic mass is 16.5. The van der Waals surface area contributed by atoms with Gasteiger partial charge in [0, 0.05) is 58.5 Å². The highest BCUT2D eigenvalue weighted by molar-refractivity contribution is 5.79. The van der Waals surface area contributed by atoms with Gasteiger partial charge in [0.2, 0.25) is 0 Å². The van der Waals surface area contributed by atoms with Crippen molar-refractivity contribution >= 4 is 5.96 Å². The Morgan fingerprint density at radius 3 is 2.52 bits per heavy atom. The van der Waals surface area contributed by atoms with Crippen LogP contribution < -0.4 is 15.4 Å². The number of hydrogen-bond donors (Lipinski definition) is 2. The van der Waals surface area contributed by atoms with E-state index in [2.05, 4.69) is 46.5 Å². The molecule has 2 N–H and O–H groups in total. The van der Waals surface area contributed by atoms with Crippen molar-refractivity contribution in [2.24, 2.45) is 4.99 Å². The Morgan fingerprint density at radius 1 is 1.14 bits per heavy atom. The van der Waals surface area contributed by atoms with Crippen LogP contribution in [0.1, 0.15) is 25.8 Å². The Bertz CT molecular complexity index is 585. The Kier molecular flexibility index (Phi) is 10.8. The number of aliphatic imine (C=N–C) groups is 1. The molecule has 7 nitrogen and oxygen atoms in total. The minimum absolute atomic E-state index is 0.472. The molecule has 1 aromatic rings. The number of benzene rings is 1. The molecule has 1 unspecified atom stereocenters. The number of nitrogens with one attached hydrogen (secondary N) is 2. The van der Waals surface area contributed by atoms with E-state index < -0.39 is 0 Å². The zero-order chi connectivity index (χ0) is 20.9. The first-order chi connectivity index (χ1) is 14.1. The lowest BCUT2D eigenvalue weighted by Gasteiger charge is -2.36. The molecule has 0 bridgehead atoms. The number of likely N-dealkylation sites (N-methyl/N-ethyl adjacent to an activating group) is 1. The molecule has 1 fully saturated rings. The molecule has 2 rings (SSSR count). The third kappa shape index (κ3) is 9.02. The van der Waals surface area contributed by atoms with Crippen LogP contribution >= 0.6 is 0 Å². The summed E-state index contributed by atoms with van der Waals surface area (Å²) in [5.41, 5.74) is 1.16. The number of guanidine groups is 1. The van der Waals surface area contributed by atoms with E-state index in [0.29, 0.717) is 12.6 Å². The monoisotopic (exact) mass is 405 g/mol. The van der Waals surface area contributed by atoms with Crippen LogP contribution in [0.15, 0.2) is 29.3 Å². The largest absolute Gasteiger partial charge is 0.497 e. The zero-order valence-electron chi connectivity index (χ0n) is 18.6. The molecule has 0 amide bonds. The first kappa shape index (κ1) is 23.4. The highest BCUT2D eigenvalue weighted by Crippen LogP contribution is 2.11. The second kappa shape index (κ2) is 13.4. The standard InChI is InChI=1S/C22H39N5O2/c1-5-29-16-6-11-23-22(25-18-20-7-9-21(28-4)10-8-20)24-17-19(2)27-14-12-26(3)13-15-27/h7-10,19H,5-6,11-18H2,1-4H3,(H2,23,24,25). The van der Waals surface area contributed by atoms with Crippen molar-refractivity contribution in [2.75, 3.05) is 66.6 Å². The lowest BCUT2D eigenvalue weighted by atomic mass is 10.2. The van der Waals surface area contributed by atoms with Gasteiger partial charge in [-0.3, -0.25) is 4.90 Å². The lowest BCUT2D eigenvalue weighted by Crippen LogP contribution is -2.52. The van der Waals surface area contributed by atoms with Crippen LogP contribution in [0.25, 0.3) is 0 Å². The van der Waals surface area contributed by atoms with Crippen LogP contribution in [0.2, 0.25) is 0 Å². The van der Waals surface area contributed by atoms with Crippen molar-refractivity contribution in [3.63, 3.8) is 0 Å². The van der Waals surface area contributed by atoms with Crippen molar-refractivity contribution in [1.29, 1.82) is 0 Å². The van der Waals surface area contributed by atoms with Gasteiger partial charge in [-0.25, -0.2) is 4.99 Å². The summed E-state index contributed by atoms with van der Waals surface area (Å²) in [5, 5.41) is 6.97. The van der Waals surface area contributed by atoms with E-state index >= 15 is 0 Å². The van der Waals surface area contributed by atoms with Crippen LogP contribution in [0.5, 0.6) is 5.75 Å². The first-order valence-electron chi connectivity index (χ1n) is 10.8. The number of rotatable bonds is 11. The number of methoxy groups -OCH3 is 1. The van der Waals surface area contributed by atoms with Gasteiger partial charge in [0.15, 0.2) is 5.96 Å². The Labute approximate surface area is 176 Å². The number of hydrogen-bond acceptors (Lipinski definition) is 5. The van der Waals surface area contributed by atoms with E-state index in [0.717, 1.165) is 76.2 Å². The summed E-state index contributed by atoms with van der Waals surface area (Å²) < 4.78 is 10.7. The van der Waals surface area contributed by atoms with Gasteiger partial charge in [-0.1, -0.05) is 12.1 Å². The van der Waals surface area contributed by atoms with Crippen molar-refractivity contribution in [2.45, 2.75) is 32.9 Å². The van der Waals surface area contributed by atoms with Crippen molar-refractivity contribution < 1.29 is 9.47 Å². The van der Waals surface area contributed by atoms with Crippen LogP contribution in [0, 0.1) is 0 Å². The average Bonchev–Trinajstić information content (AvgIpc) is 2.75. The van der Waals surface area contributed by atoms with Crippen LogP contribution in [0.3, 0.4) is 0 Å². The van der Waals surface area contributed by atoms with Crippen LogP contribution in [0.4, 0.5) is 0 Å². The summed E-state index contributed by atoms with van der Waals surface area (Å²) in [6.07, 6.45) is 0.963. The van der Waals surface area contributed by atoms with E-state index in [4.69, 9.17) is 14.5 Å². The maximum Gasteiger partial charge on any atom is 0.191 e. The SMILES string of the molecule is CCOCCCNC(=NCc1ccc(OC)cc1)NCC(C)N1CCN(C)CC1. The smallest absolute Gasteiger partial charge is 0.191 e. The van der Waals surface area contributed by atoms with E-state index in [1.807, 2.05) is 19.1 Å². The molecule has 29 heavy (non-hydrogen) atoms. The molecule has 1 aliphatic heterocycles. The van der Waals surface area contributed by atoms with E-state index in [-0.39, 0.29) is 0 Å². The maximum absolute atomic E-state index is 5.43. The zero-order valence-corrected chi connectivity index (χ0v) is 18.6. The van der Waals surface area contributed by atoms with Gasteiger partial charge >= 0.3 is 0 Å². The molecule has 164 valence electrons. The molecular weight excluding hydrogens is 366 g/mol. The minimum atomic E-state index is 0.472. The summed E-state index contributed by atoms with van der Waals surface area (Å²) in [6.45, 7) is 12.7. The molecule has 1 aliphatic rings. The molecular formula is C22H39N5O2. The normalized spacial score (nSPS) is 17.2. The predicted molar refractivity (Wildman–Crippen MR) is 120 cm³/mol. The van der Waals surface area contributed by atoms with E-state index in [9.17, 15) is 0 Å². The summed E-state index contributed by atoms with van der Waals surface area (Å²) in [4.78, 5) is 9.71. The number of ether oxygens (including phenoxy) is 2. The number of piperazine rings is 1. The molecule has 0 aliphatic carbocycles. The fraction of sp³-hybridized carbons (Fsp3) is 0.682. The molecule has 1 saturated heterocycles. The minimum Gasteiger partial charge on any atom is -0.497 e. The van der Waals surface area contributed by atoms with Gasteiger partial charge in [-0.15, -0.1) is 0 Å². The summed E-state index contributed by atoms with van der Waals surface area (Å²) in [5.74, 6) is 1.73. The number of nitrogens with zero attached hydrogens (tertiary/aromatic N) is 3. The molecule has 1 aromatic carbocycles. The van der Waals surface area contributed by atoms with E-state index in [1.165, 1.54) is 0 Å². The molecule has 7 heteroatoms. The first-order valence-corrected chi connectivity index (χ1v) is 10.8. The molecule has 1 heterocycles. The lowest BCUT2D eigenvalue weighted by molar-refractivity contribution is 0.120. The fourth-order valence-corrected chi connectivity index (χ4v) is 3.24. The quantitative estimate of drug-likeness (QED) is 0.333. The third-order valence-electron chi connectivity index (χ3n) is 5.27. The second-order valence-corrected chi connectivity index (χ2v) is 7.56. The second-order valence-electron chi connectivity index (χ2n) is 7.56. The van der Waals surface area contributed by atoms with Crippen molar-refractivity contribution in [3.05, 3.63) is 29.8 Å². The Morgan fingerprint density at radius 2 is 1.86 bits per heavy atom. The summed E-state index contributed by atoms with van der Waals surface area (Å²) >= 11 is 0.